The molecule has 1 aromatic carbocycles. The van der Waals surface area contributed by atoms with Crippen molar-refractivity contribution in [1.29, 1.82) is 0 Å². The molecule has 2 heterocycles. The molecule has 4 N–H and O–H groups in total. The average Bonchev–Trinajstić information content (AvgIpc) is 2.38. The van der Waals surface area contributed by atoms with Crippen LogP contribution in [0.3, 0.4) is 0 Å². The number of hydrogen-bond donors (Lipinski definition) is 3. The van der Waals surface area contributed by atoms with Crippen LogP contribution in [0.5, 0.6) is 0 Å². The second kappa shape index (κ2) is 4.33. The van der Waals surface area contributed by atoms with Crippen LogP contribution in [0, 0.1) is 0 Å². The normalized spacial score (nSPS) is 20.4. The highest BCUT2D eigenvalue weighted by Crippen LogP contribution is 2.40. The first-order chi connectivity index (χ1) is 9.12. The molecule has 0 bridgehead atoms. The Labute approximate surface area is 112 Å². The Bertz CT molecular complexity index is 623. The maximum Gasteiger partial charge on any atom is 0.127 e. The number of aliphatic hydroxyl groups is 1. The molecule has 98 valence electrons. The van der Waals surface area contributed by atoms with Crippen LogP contribution in [0.15, 0.2) is 36.5 Å². The number of fused-ring (bicyclic) bond motifs is 3. The van der Waals surface area contributed by atoms with Crippen LogP contribution >= 0.6 is 0 Å². The summed E-state index contributed by atoms with van der Waals surface area (Å²) in [5.41, 5.74) is 10.7. The van der Waals surface area contributed by atoms with E-state index in [4.69, 9.17) is 10.8 Å². The summed E-state index contributed by atoms with van der Waals surface area (Å²) in [6.07, 6.45) is 2.40. The van der Waals surface area contributed by atoms with Gasteiger partial charge in [-0.05, 0) is 31.0 Å². The highest BCUT2D eigenvalue weighted by molar-refractivity contribution is 5.83. The molecule has 1 aromatic heterocycles. The zero-order chi connectivity index (χ0) is 13.5. The molecule has 1 aliphatic rings. The van der Waals surface area contributed by atoms with E-state index < -0.39 is 5.66 Å². The van der Waals surface area contributed by atoms with E-state index in [9.17, 15) is 0 Å². The molecule has 0 radical (unpaired) electrons. The molecule has 1 atom stereocenters. The quantitative estimate of drug-likeness (QED) is 0.765. The summed E-state index contributed by atoms with van der Waals surface area (Å²) in [4.78, 5) is 4.49. The SMILES string of the molecule is CC1(N)Nc2ccccc2-c2cc(CCO)cnc21. The van der Waals surface area contributed by atoms with E-state index in [2.05, 4.69) is 22.4 Å². The third-order valence-corrected chi connectivity index (χ3v) is 3.45. The van der Waals surface area contributed by atoms with Gasteiger partial charge in [-0.25, -0.2) is 0 Å². The summed E-state index contributed by atoms with van der Waals surface area (Å²) in [6.45, 7) is 2.04. The van der Waals surface area contributed by atoms with Crippen LogP contribution in [0.1, 0.15) is 18.2 Å². The molecule has 0 saturated heterocycles. The number of aromatic nitrogens is 1. The molecule has 19 heavy (non-hydrogen) atoms. The van der Waals surface area contributed by atoms with Gasteiger partial charge >= 0.3 is 0 Å². The second-order valence-corrected chi connectivity index (χ2v) is 5.09. The Morgan fingerprint density at radius 3 is 2.89 bits per heavy atom. The summed E-state index contributed by atoms with van der Waals surface area (Å²) < 4.78 is 0. The van der Waals surface area contributed by atoms with Gasteiger partial charge in [0.1, 0.15) is 5.66 Å². The van der Waals surface area contributed by atoms with Gasteiger partial charge in [-0.15, -0.1) is 0 Å². The number of para-hydroxylation sites is 1. The predicted molar refractivity (Wildman–Crippen MR) is 75.6 cm³/mol. The van der Waals surface area contributed by atoms with Crippen molar-refractivity contribution >= 4 is 5.69 Å². The molecule has 0 aliphatic carbocycles. The van der Waals surface area contributed by atoms with Crippen molar-refractivity contribution in [3.05, 3.63) is 47.8 Å². The highest BCUT2D eigenvalue weighted by Gasteiger charge is 2.32. The van der Waals surface area contributed by atoms with E-state index in [1.54, 1.807) is 6.20 Å². The molecule has 2 aromatic rings. The molecule has 0 fully saturated rings. The van der Waals surface area contributed by atoms with Crippen LogP contribution in [-0.2, 0) is 12.1 Å². The van der Waals surface area contributed by atoms with Crippen molar-refractivity contribution in [2.45, 2.75) is 19.0 Å². The lowest BCUT2D eigenvalue weighted by atomic mass is 9.90. The van der Waals surface area contributed by atoms with Crippen molar-refractivity contribution < 1.29 is 5.11 Å². The predicted octanol–water partition coefficient (Wildman–Crippen LogP) is 1.84. The van der Waals surface area contributed by atoms with Gasteiger partial charge in [0.05, 0.1) is 5.69 Å². The molecule has 4 heteroatoms. The second-order valence-electron chi connectivity index (χ2n) is 5.09. The van der Waals surface area contributed by atoms with Crippen LogP contribution in [0.25, 0.3) is 11.1 Å². The minimum absolute atomic E-state index is 0.125. The minimum atomic E-state index is -0.679. The zero-order valence-corrected chi connectivity index (χ0v) is 10.9. The number of nitrogens with zero attached hydrogens (tertiary/aromatic N) is 1. The van der Waals surface area contributed by atoms with Crippen molar-refractivity contribution in [2.24, 2.45) is 5.73 Å². The van der Waals surface area contributed by atoms with Gasteiger partial charge < -0.3 is 16.2 Å². The van der Waals surface area contributed by atoms with Crippen LogP contribution in [0.4, 0.5) is 5.69 Å². The first-order valence-corrected chi connectivity index (χ1v) is 6.38. The molecule has 0 spiro atoms. The van der Waals surface area contributed by atoms with Crippen LogP contribution in [0.2, 0.25) is 0 Å². The van der Waals surface area contributed by atoms with E-state index in [0.717, 1.165) is 28.1 Å². The Kier molecular flexibility index (Phi) is 2.77. The average molecular weight is 255 g/mol. The summed E-state index contributed by atoms with van der Waals surface area (Å²) in [5.74, 6) is 0. The molecule has 0 amide bonds. The third kappa shape index (κ3) is 1.99. The lowest BCUT2D eigenvalue weighted by molar-refractivity contribution is 0.299. The van der Waals surface area contributed by atoms with E-state index in [-0.39, 0.29) is 6.61 Å². The molecule has 1 unspecified atom stereocenters. The molecular formula is C15H17N3O. The molecular weight excluding hydrogens is 238 g/mol. The van der Waals surface area contributed by atoms with Gasteiger partial charge in [0, 0.05) is 29.6 Å². The van der Waals surface area contributed by atoms with E-state index >= 15 is 0 Å². The summed E-state index contributed by atoms with van der Waals surface area (Å²) in [7, 11) is 0. The van der Waals surface area contributed by atoms with Gasteiger partial charge in [0.15, 0.2) is 0 Å². The summed E-state index contributed by atoms with van der Waals surface area (Å²) >= 11 is 0. The Hall–Kier alpha value is -1.91. The molecule has 3 rings (SSSR count). The third-order valence-electron chi connectivity index (χ3n) is 3.45. The van der Waals surface area contributed by atoms with Gasteiger partial charge in [-0.1, -0.05) is 18.2 Å². The maximum atomic E-state index is 9.06. The molecule has 4 nitrogen and oxygen atoms in total. The fraction of sp³-hybridized carbons (Fsp3) is 0.267. The van der Waals surface area contributed by atoms with Gasteiger partial charge in [0.25, 0.3) is 0 Å². The lowest BCUT2D eigenvalue weighted by Crippen LogP contribution is -2.44. The molecule has 1 aliphatic heterocycles. The number of hydrogen-bond acceptors (Lipinski definition) is 4. The number of anilines is 1. The number of aliphatic hydroxyl groups excluding tert-OH is 1. The van der Waals surface area contributed by atoms with Gasteiger partial charge in [-0.2, -0.15) is 0 Å². The number of nitrogens with one attached hydrogen (secondary N) is 1. The van der Waals surface area contributed by atoms with Crippen molar-refractivity contribution in [2.75, 3.05) is 11.9 Å². The first-order valence-electron chi connectivity index (χ1n) is 6.38. The number of rotatable bonds is 2. The Morgan fingerprint density at radius 2 is 2.11 bits per heavy atom. The topological polar surface area (TPSA) is 71.2 Å². The summed E-state index contributed by atoms with van der Waals surface area (Å²) in [5, 5.41) is 12.4. The largest absolute Gasteiger partial charge is 0.396 e. The summed E-state index contributed by atoms with van der Waals surface area (Å²) in [6, 6.07) is 10.1. The maximum absolute atomic E-state index is 9.06. The Morgan fingerprint density at radius 1 is 1.32 bits per heavy atom. The fourth-order valence-corrected chi connectivity index (χ4v) is 2.56. The van der Waals surface area contributed by atoms with Gasteiger partial charge in [-0.3, -0.25) is 4.98 Å². The lowest BCUT2D eigenvalue weighted by Gasteiger charge is -2.34. The standard InChI is InChI=1S/C15H17N3O/c1-15(16)14-12(8-10(6-7-19)9-17-14)11-4-2-3-5-13(11)18-15/h2-5,8-9,18-19H,6-7,16H2,1H3. The van der Waals surface area contributed by atoms with Crippen molar-refractivity contribution in [3.63, 3.8) is 0 Å². The van der Waals surface area contributed by atoms with E-state index in [1.165, 1.54) is 0 Å². The number of benzene rings is 1. The number of pyridine rings is 1. The smallest absolute Gasteiger partial charge is 0.127 e. The highest BCUT2D eigenvalue weighted by atomic mass is 16.2. The van der Waals surface area contributed by atoms with E-state index in [0.29, 0.717) is 6.42 Å². The van der Waals surface area contributed by atoms with Gasteiger partial charge in [0.2, 0.25) is 0 Å². The Balaban J connectivity index is 2.21. The fourth-order valence-electron chi connectivity index (χ4n) is 2.56. The van der Waals surface area contributed by atoms with Crippen LogP contribution < -0.4 is 11.1 Å². The van der Waals surface area contributed by atoms with Crippen LogP contribution in [-0.4, -0.2) is 16.7 Å². The van der Waals surface area contributed by atoms with Crippen molar-refractivity contribution in [1.82, 2.24) is 4.98 Å². The monoisotopic (exact) mass is 255 g/mol. The van der Waals surface area contributed by atoms with Crippen molar-refractivity contribution in [3.8, 4) is 11.1 Å². The number of nitrogens with two attached hydrogens (primary N) is 1. The minimum Gasteiger partial charge on any atom is -0.396 e. The molecule has 0 saturated carbocycles. The van der Waals surface area contributed by atoms with E-state index in [1.807, 2.05) is 25.1 Å². The zero-order valence-electron chi connectivity index (χ0n) is 10.9. The first kappa shape index (κ1) is 12.1.